The third-order valence-corrected chi connectivity index (χ3v) is 4.31. The quantitative estimate of drug-likeness (QED) is 0.230. The molecule has 0 amide bonds. The van der Waals surface area contributed by atoms with Crippen LogP contribution in [-0.4, -0.2) is 59.9 Å². The van der Waals surface area contributed by atoms with E-state index in [-0.39, 0.29) is 12.8 Å². The van der Waals surface area contributed by atoms with Crippen LogP contribution in [0.2, 0.25) is 0 Å². The number of alkyl halides is 6. The first-order valence-corrected chi connectivity index (χ1v) is 9.38. The van der Waals surface area contributed by atoms with Crippen molar-refractivity contribution < 1.29 is 34.1 Å². The van der Waals surface area contributed by atoms with Crippen LogP contribution in [0.15, 0.2) is 0 Å². The zero-order valence-electron chi connectivity index (χ0n) is 13.4. The van der Waals surface area contributed by atoms with Crippen LogP contribution in [0.5, 0.6) is 0 Å². The van der Waals surface area contributed by atoms with Gasteiger partial charge < -0.3 is 19.7 Å². The molecule has 4 unspecified atom stereocenters. The number of hydrogen-bond donors (Lipinski definition) is 2. The molecule has 4 atom stereocenters. The second kappa shape index (κ2) is 10.7. The van der Waals surface area contributed by atoms with Crippen molar-refractivity contribution in [1.82, 2.24) is 0 Å². The molecule has 0 heterocycles. The average molecular weight is 497 g/mol. The van der Waals surface area contributed by atoms with E-state index in [1.165, 1.54) is 13.8 Å². The molecule has 0 aliphatic heterocycles. The molecular formula is C13H16Cl6O7. The lowest BCUT2D eigenvalue weighted by Gasteiger charge is -2.28. The van der Waals surface area contributed by atoms with E-state index in [0.29, 0.717) is 0 Å². The van der Waals surface area contributed by atoms with Gasteiger partial charge in [0, 0.05) is 0 Å². The smallest absolute Gasteiger partial charge is 0.387 e. The van der Waals surface area contributed by atoms with Gasteiger partial charge in [0.1, 0.15) is 0 Å². The molecule has 0 aromatic rings. The Morgan fingerprint density at radius 3 is 1.23 bits per heavy atom. The summed E-state index contributed by atoms with van der Waals surface area (Å²) >= 11 is 33.5. The number of esters is 2. The van der Waals surface area contributed by atoms with E-state index < -0.39 is 49.7 Å². The SMILES string of the molecule is CCC(O)C(OC(=O)C(=O)C(=O)OC(C(O)CC)C(Cl)(Cl)Cl)C(Cl)(Cl)Cl. The molecule has 0 radical (unpaired) electrons. The van der Waals surface area contributed by atoms with Crippen molar-refractivity contribution >= 4 is 87.3 Å². The summed E-state index contributed by atoms with van der Waals surface area (Å²) < 4.78 is 4.68. The van der Waals surface area contributed by atoms with E-state index in [2.05, 4.69) is 9.47 Å². The maximum atomic E-state index is 11.8. The van der Waals surface area contributed by atoms with Gasteiger partial charge in [-0.25, -0.2) is 9.59 Å². The van der Waals surface area contributed by atoms with Crippen molar-refractivity contribution in [1.29, 1.82) is 0 Å². The summed E-state index contributed by atoms with van der Waals surface area (Å²) in [6, 6.07) is 0. The van der Waals surface area contributed by atoms with Gasteiger partial charge in [-0.2, -0.15) is 0 Å². The van der Waals surface area contributed by atoms with Crippen molar-refractivity contribution in [2.24, 2.45) is 0 Å². The van der Waals surface area contributed by atoms with E-state index in [0.717, 1.165) is 0 Å². The summed E-state index contributed by atoms with van der Waals surface area (Å²) in [5.41, 5.74) is 0. The van der Waals surface area contributed by atoms with Crippen LogP contribution >= 0.6 is 69.6 Å². The average Bonchev–Trinajstić information content (AvgIpc) is 2.52. The molecule has 0 fully saturated rings. The Kier molecular flexibility index (Phi) is 10.8. The summed E-state index contributed by atoms with van der Waals surface area (Å²) in [7, 11) is 0. The maximum absolute atomic E-state index is 11.8. The Bertz CT molecular complexity index is 472. The molecule has 0 saturated carbocycles. The van der Waals surface area contributed by atoms with Crippen LogP contribution in [0.1, 0.15) is 26.7 Å². The third kappa shape index (κ3) is 8.10. The number of aliphatic hydroxyl groups is 2. The highest BCUT2D eigenvalue weighted by molar-refractivity contribution is 6.69. The molecule has 13 heteroatoms. The Labute approximate surface area is 179 Å². The van der Waals surface area contributed by atoms with Crippen molar-refractivity contribution in [3.8, 4) is 0 Å². The molecule has 26 heavy (non-hydrogen) atoms. The van der Waals surface area contributed by atoms with E-state index >= 15 is 0 Å². The second-order valence-electron chi connectivity index (χ2n) is 5.02. The largest absolute Gasteiger partial charge is 0.449 e. The molecule has 0 bridgehead atoms. The third-order valence-electron chi connectivity index (χ3n) is 3.02. The number of aliphatic hydroxyl groups excluding tert-OH is 2. The number of ketones is 1. The topological polar surface area (TPSA) is 110 Å². The molecule has 0 aromatic carbocycles. The monoisotopic (exact) mass is 494 g/mol. The van der Waals surface area contributed by atoms with Gasteiger partial charge in [0.05, 0.1) is 12.2 Å². The first-order chi connectivity index (χ1) is 11.7. The molecule has 0 aliphatic carbocycles. The highest BCUT2D eigenvalue weighted by atomic mass is 35.6. The maximum Gasteiger partial charge on any atom is 0.387 e. The molecule has 0 rings (SSSR count). The fourth-order valence-electron chi connectivity index (χ4n) is 1.58. The summed E-state index contributed by atoms with van der Waals surface area (Å²) in [4.78, 5) is 35.4. The minimum absolute atomic E-state index is 0.0164. The fraction of sp³-hybridized carbons (Fsp3) is 0.769. The van der Waals surface area contributed by atoms with Crippen LogP contribution in [-0.2, 0) is 23.9 Å². The van der Waals surface area contributed by atoms with Gasteiger partial charge in [-0.1, -0.05) is 83.5 Å². The standard InChI is InChI=1S/C13H16Cl6O7/c1-3-5(20)8(12(14,15)16)25-10(23)7(22)11(24)26-9(6(21)4-2)13(17,18)19/h5-6,8-9,20-21H,3-4H2,1-2H3. The van der Waals surface area contributed by atoms with Gasteiger partial charge in [-0.05, 0) is 12.8 Å². The highest BCUT2D eigenvalue weighted by Crippen LogP contribution is 2.36. The van der Waals surface area contributed by atoms with E-state index in [1.54, 1.807) is 0 Å². The summed E-state index contributed by atoms with van der Waals surface area (Å²) in [5.74, 6) is -5.32. The lowest BCUT2D eigenvalue weighted by Crippen LogP contribution is -2.46. The number of ether oxygens (including phenoxy) is 2. The number of rotatable bonds is 8. The minimum Gasteiger partial charge on any atom is -0.449 e. The second-order valence-corrected chi connectivity index (χ2v) is 9.75. The van der Waals surface area contributed by atoms with Gasteiger partial charge in [0.15, 0.2) is 12.2 Å². The van der Waals surface area contributed by atoms with Crippen LogP contribution in [0.3, 0.4) is 0 Å². The minimum atomic E-state index is -2.27. The molecule has 2 N–H and O–H groups in total. The predicted octanol–water partition coefficient (Wildman–Crippen LogP) is 2.66. The molecular weight excluding hydrogens is 481 g/mol. The predicted molar refractivity (Wildman–Crippen MR) is 97.9 cm³/mol. The van der Waals surface area contributed by atoms with Gasteiger partial charge in [0.25, 0.3) is 0 Å². The van der Waals surface area contributed by atoms with Crippen molar-refractivity contribution in [2.75, 3.05) is 0 Å². The summed E-state index contributed by atoms with van der Waals surface area (Å²) in [6.45, 7) is 2.99. The van der Waals surface area contributed by atoms with Gasteiger partial charge in [-0.15, -0.1) is 0 Å². The number of hydrogen-bond acceptors (Lipinski definition) is 7. The zero-order valence-corrected chi connectivity index (χ0v) is 18.0. The van der Waals surface area contributed by atoms with Crippen molar-refractivity contribution in [3.63, 3.8) is 0 Å². The number of Topliss-reactive ketones (excluding diaryl/α,β-unsaturated/α-hetero) is 1. The first-order valence-electron chi connectivity index (χ1n) is 7.12. The number of halogens is 6. The lowest BCUT2D eigenvalue weighted by atomic mass is 10.1. The summed E-state index contributed by atoms with van der Waals surface area (Å²) in [5, 5.41) is 19.5. The van der Waals surface area contributed by atoms with Crippen LogP contribution < -0.4 is 0 Å². The Morgan fingerprint density at radius 2 is 1.04 bits per heavy atom. The van der Waals surface area contributed by atoms with E-state index in [9.17, 15) is 24.6 Å². The van der Waals surface area contributed by atoms with Crippen molar-refractivity contribution in [2.45, 2.75) is 58.7 Å². The van der Waals surface area contributed by atoms with Gasteiger partial charge in [-0.3, -0.25) is 4.79 Å². The van der Waals surface area contributed by atoms with E-state index in [1.807, 2.05) is 0 Å². The van der Waals surface area contributed by atoms with E-state index in [4.69, 9.17) is 69.6 Å². The molecule has 0 aromatic heterocycles. The Hall–Kier alpha value is 0.270. The first kappa shape index (κ1) is 26.3. The zero-order chi connectivity index (χ0) is 20.9. The molecule has 0 saturated heterocycles. The number of carbonyl (C=O) groups excluding carboxylic acids is 3. The molecule has 7 nitrogen and oxygen atoms in total. The Balaban J connectivity index is 5.21. The van der Waals surface area contributed by atoms with Gasteiger partial charge in [0.2, 0.25) is 7.59 Å². The Morgan fingerprint density at radius 1 is 0.769 bits per heavy atom. The fourth-order valence-corrected chi connectivity index (χ4v) is 2.72. The summed E-state index contributed by atoms with van der Waals surface area (Å²) in [6.07, 6.45) is -6.28. The molecule has 0 aliphatic rings. The van der Waals surface area contributed by atoms with Crippen LogP contribution in [0.4, 0.5) is 0 Å². The number of carbonyl (C=O) groups is 3. The highest BCUT2D eigenvalue weighted by Gasteiger charge is 2.45. The van der Waals surface area contributed by atoms with Crippen LogP contribution in [0, 0.1) is 0 Å². The lowest BCUT2D eigenvalue weighted by molar-refractivity contribution is -0.173. The van der Waals surface area contributed by atoms with Crippen molar-refractivity contribution in [3.05, 3.63) is 0 Å². The molecule has 0 spiro atoms. The van der Waals surface area contributed by atoms with Gasteiger partial charge >= 0.3 is 17.7 Å². The van der Waals surface area contributed by atoms with Crippen LogP contribution in [0.25, 0.3) is 0 Å². The normalized spacial score (nSPS) is 17.0. The molecule has 152 valence electrons.